The van der Waals surface area contributed by atoms with Crippen LogP contribution in [0.25, 0.3) is 0 Å². The molecule has 3 amide bonds. The molecule has 1 aromatic rings. The van der Waals surface area contributed by atoms with E-state index in [-0.39, 0.29) is 6.03 Å². The number of rotatable bonds is 5. The number of nitrogens with zero attached hydrogens (tertiary/aromatic N) is 2. The molecule has 0 saturated heterocycles. The molecule has 0 aliphatic heterocycles. The van der Waals surface area contributed by atoms with E-state index in [0.717, 1.165) is 0 Å². The van der Waals surface area contributed by atoms with E-state index in [0.29, 0.717) is 17.9 Å². The molecule has 0 bridgehead atoms. The molecule has 0 aliphatic rings. The summed E-state index contributed by atoms with van der Waals surface area (Å²) in [7, 11) is 3.29. The Morgan fingerprint density at radius 1 is 1.45 bits per heavy atom. The second-order valence-electron chi connectivity index (χ2n) is 4.30. The third kappa shape index (κ3) is 4.58. The molecule has 0 fully saturated rings. The number of carbonyl (C=O) groups excluding carboxylic acids is 2. The average Bonchev–Trinajstić information content (AvgIpc) is 2.44. The maximum absolute atomic E-state index is 11.5. The third-order valence-corrected chi connectivity index (χ3v) is 2.69. The first-order chi connectivity index (χ1) is 9.47. The highest BCUT2D eigenvalue weighted by Gasteiger charge is 2.17. The van der Waals surface area contributed by atoms with Gasteiger partial charge in [-0.1, -0.05) is 13.0 Å². The molecular weight excluding hydrogens is 278 g/mol. The standard InChI is InChI=1S/C13H17N3O3S/c1-4-11(12(17)15-20)19-10-7-5-6-9(8-10)14-13(18)16(2)3/h5-8,11H,4H2,1-3H3,(H,14,18). The van der Waals surface area contributed by atoms with Gasteiger partial charge in [0, 0.05) is 38.3 Å². The quantitative estimate of drug-likeness (QED) is 0.904. The Balaban J connectivity index is 2.79. The van der Waals surface area contributed by atoms with E-state index < -0.39 is 12.0 Å². The van der Waals surface area contributed by atoms with E-state index >= 15 is 0 Å². The van der Waals surface area contributed by atoms with Crippen molar-refractivity contribution < 1.29 is 14.3 Å². The molecule has 0 aromatic heterocycles. The zero-order chi connectivity index (χ0) is 15.1. The number of carbonyl (C=O) groups is 2. The number of anilines is 1. The first-order valence-corrected chi connectivity index (χ1v) is 6.46. The third-order valence-electron chi connectivity index (χ3n) is 2.51. The highest BCUT2D eigenvalue weighted by Crippen LogP contribution is 2.20. The molecule has 0 saturated carbocycles. The van der Waals surface area contributed by atoms with Crippen LogP contribution in [0, 0.1) is 0 Å². The maximum atomic E-state index is 11.5. The summed E-state index contributed by atoms with van der Waals surface area (Å²) in [6.07, 6.45) is -0.236. The summed E-state index contributed by atoms with van der Waals surface area (Å²) in [6.45, 7) is 1.81. The average molecular weight is 295 g/mol. The van der Waals surface area contributed by atoms with Crippen molar-refractivity contribution in [1.82, 2.24) is 4.90 Å². The van der Waals surface area contributed by atoms with Crippen LogP contribution < -0.4 is 10.1 Å². The molecule has 1 unspecified atom stereocenters. The number of hydrogen-bond donors (Lipinski definition) is 1. The molecule has 1 atom stereocenters. The van der Waals surface area contributed by atoms with Gasteiger partial charge in [-0.15, -0.1) is 4.36 Å². The Labute approximate surface area is 123 Å². The summed E-state index contributed by atoms with van der Waals surface area (Å²) in [5.41, 5.74) is 0.582. The molecule has 1 N–H and O–H groups in total. The van der Waals surface area contributed by atoms with Crippen LogP contribution in [-0.2, 0) is 17.2 Å². The summed E-state index contributed by atoms with van der Waals surface area (Å²) >= 11 is 4.38. The van der Waals surface area contributed by atoms with Crippen molar-refractivity contribution in [2.45, 2.75) is 19.4 Å². The Morgan fingerprint density at radius 2 is 2.15 bits per heavy atom. The van der Waals surface area contributed by atoms with E-state index in [2.05, 4.69) is 22.1 Å². The molecule has 6 nitrogen and oxygen atoms in total. The van der Waals surface area contributed by atoms with Crippen molar-refractivity contribution in [2.75, 3.05) is 19.4 Å². The van der Waals surface area contributed by atoms with Gasteiger partial charge in [0.15, 0.2) is 6.10 Å². The van der Waals surface area contributed by atoms with Gasteiger partial charge < -0.3 is 15.0 Å². The van der Waals surface area contributed by atoms with Crippen LogP contribution >= 0.6 is 0 Å². The lowest BCUT2D eigenvalue weighted by Gasteiger charge is -2.15. The van der Waals surface area contributed by atoms with Crippen LogP contribution in [0.2, 0.25) is 0 Å². The molecule has 7 heteroatoms. The Bertz CT molecular complexity index is 505. The van der Waals surface area contributed by atoms with Crippen molar-refractivity contribution >= 4 is 30.1 Å². The smallest absolute Gasteiger partial charge is 0.321 e. The van der Waals surface area contributed by atoms with E-state index in [4.69, 9.17) is 4.74 Å². The minimum absolute atomic E-state index is 0.245. The van der Waals surface area contributed by atoms with Crippen molar-refractivity contribution in [3.63, 3.8) is 0 Å². The van der Waals surface area contributed by atoms with Gasteiger partial charge in [0.1, 0.15) is 5.75 Å². The maximum Gasteiger partial charge on any atom is 0.321 e. The van der Waals surface area contributed by atoms with Crippen molar-refractivity contribution in [2.24, 2.45) is 4.36 Å². The number of nitrogens with one attached hydrogen (secondary N) is 1. The number of urea groups is 1. The summed E-state index contributed by atoms with van der Waals surface area (Å²) in [5, 5.41) is 2.69. The highest BCUT2D eigenvalue weighted by atomic mass is 32.1. The van der Waals surface area contributed by atoms with Gasteiger partial charge in [-0.25, -0.2) is 4.79 Å². The van der Waals surface area contributed by atoms with Gasteiger partial charge in [-0.05, 0) is 18.6 Å². The lowest BCUT2D eigenvalue weighted by molar-refractivity contribution is -0.124. The number of ether oxygens (including phenoxy) is 1. The molecule has 20 heavy (non-hydrogen) atoms. The van der Waals surface area contributed by atoms with Gasteiger partial charge >= 0.3 is 6.03 Å². The largest absolute Gasteiger partial charge is 0.480 e. The van der Waals surface area contributed by atoms with Crippen molar-refractivity contribution in [3.8, 4) is 5.75 Å². The summed E-state index contributed by atoms with van der Waals surface area (Å²) in [4.78, 5) is 24.4. The lowest BCUT2D eigenvalue weighted by atomic mass is 10.2. The second-order valence-corrected chi connectivity index (χ2v) is 4.48. The predicted octanol–water partition coefficient (Wildman–Crippen LogP) is 2.19. The zero-order valence-electron chi connectivity index (χ0n) is 11.6. The minimum atomic E-state index is -0.702. The predicted molar refractivity (Wildman–Crippen MR) is 78.7 cm³/mol. The monoisotopic (exact) mass is 295 g/mol. The van der Waals surface area contributed by atoms with Gasteiger partial charge in [-0.2, -0.15) is 0 Å². The molecule has 0 aliphatic carbocycles. The SMILES string of the molecule is CCC(Oc1cccc(NC(=O)N(C)C)c1)C(=O)N=S. The van der Waals surface area contributed by atoms with Crippen LogP contribution in [-0.4, -0.2) is 37.0 Å². The highest BCUT2D eigenvalue weighted by molar-refractivity contribution is 7.47. The van der Waals surface area contributed by atoms with Crippen LogP contribution in [0.5, 0.6) is 5.75 Å². The van der Waals surface area contributed by atoms with Gasteiger partial charge in [0.2, 0.25) is 0 Å². The normalized spacial score (nSPS) is 11.3. The fraction of sp³-hybridized carbons (Fsp3) is 0.385. The fourth-order valence-electron chi connectivity index (χ4n) is 1.41. The number of hydrogen-bond acceptors (Lipinski definition) is 4. The molecule has 0 spiro atoms. The van der Waals surface area contributed by atoms with Crippen molar-refractivity contribution in [1.29, 1.82) is 0 Å². The van der Waals surface area contributed by atoms with Crippen LogP contribution in [0.3, 0.4) is 0 Å². The number of amides is 3. The summed E-state index contributed by atoms with van der Waals surface area (Å²) in [5.74, 6) is -0.00867. The van der Waals surface area contributed by atoms with Gasteiger partial charge in [0.05, 0.1) is 0 Å². The molecule has 0 heterocycles. The van der Waals surface area contributed by atoms with Crippen LogP contribution in [0.4, 0.5) is 10.5 Å². The molecule has 0 radical (unpaired) electrons. The fourth-order valence-corrected chi connectivity index (χ4v) is 1.53. The van der Waals surface area contributed by atoms with Crippen LogP contribution in [0.1, 0.15) is 13.3 Å². The van der Waals surface area contributed by atoms with E-state index in [1.54, 1.807) is 45.3 Å². The Kier molecular flexibility index (Phi) is 6.05. The topological polar surface area (TPSA) is 71.0 Å². The zero-order valence-corrected chi connectivity index (χ0v) is 12.4. The van der Waals surface area contributed by atoms with E-state index in [1.165, 1.54) is 4.90 Å². The molecular formula is C13H17N3O3S. The van der Waals surface area contributed by atoms with E-state index in [1.807, 2.05) is 0 Å². The Morgan fingerprint density at radius 3 is 2.70 bits per heavy atom. The van der Waals surface area contributed by atoms with E-state index in [9.17, 15) is 9.59 Å². The van der Waals surface area contributed by atoms with Crippen molar-refractivity contribution in [3.05, 3.63) is 24.3 Å². The lowest BCUT2D eigenvalue weighted by Crippen LogP contribution is -2.27. The summed E-state index contributed by atoms with van der Waals surface area (Å²) < 4.78 is 8.72. The molecule has 1 aromatic carbocycles. The molecule has 1 rings (SSSR count). The Hall–Kier alpha value is -2.02. The van der Waals surface area contributed by atoms with Crippen LogP contribution in [0.15, 0.2) is 28.6 Å². The first kappa shape index (κ1) is 16.0. The minimum Gasteiger partial charge on any atom is -0.480 e. The first-order valence-electron chi connectivity index (χ1n) is 6.10. The number of benzene rings is 1. The second kappa shape index (κ2) is 7.54. The van der Waals surface area contributed by atoms with Gasteiger partial charge in [-0.3, -0.25) is 4.79 Å². The summed E-state index contributed by atoms with van der Waals surface area (Å²) in [6, 6.07) is 6.55. The van der Waals surface area contributed by atoms with Gasteiger partial charge in [0.25, 0.3) is 5.91 Å². The molecule has 108 valence electrons.